The zero-order valence-electron chi connectivity index (χ0n) is 19.3. The van der Waals surface area contributed by atoms with Gasteiger partial charge in [0, 0.05) is 57.6 Å². The molecule has 4 rings (SSSR count). The molecule has 0 radical (unpaired) electrons. The highest BCUT2D eigenvalue weighted by Gasteiger charge is 2.27. The van der Waals surface area contributed by atoms with Gasteiger partial charge in [0.15, 0.2) is 0 Å². The predicted octanol–water partition coefficient (Wildman–Crippen LogP) is 2.87. The number of rotatable bonds is 5. The molecule has 2 aromatic heterocycles. The summed E-state index contributed by atoms with van der Waals surface area (Å²) in [5.74, 6) is 1.52. The van der Waals surface area contributed by atoms with Crippen LogP contribution in [0, 0.1) is 12.7 Å². The van der Waals surface area contributed by atoms with E-state index in [0.717, 1.165) is 48.1 Å². The lowest BCUT2D eigenvalue weighted by Gasteiger charge is -2.41. The molecule has 9 heteroatoms. The van der Waals surface area contributed by atoms with Gasteiger partial charge in [-0.25, -0.2) is 14.4 Å². The van der Waals surface area contributed by atoms with Gasteiger partial charge in [0.05, 0.1) is 11.3 Å². The topological polar surface area (TPSA) is 91.5 Å². The molecule has 1 unspecified atom stereocenters. The molecule has 1 amide bonds. The first-order valence-corrected chi connectivity index (χ1v) is 10.8. The average molecular weight is 450 g/mol. The molecule has 2 N–H and O–H groups in total. The summed E-state index contributed by atoms with van der Waals surface area (Å²) < 4.78 is 13.4. The molecular formula is C24H28FN7O. The standard InChI is InChI=1S/C24H28FN7O/c1-15-11-18(22(26)33)13-27-23(15)31-9-10-32(16(2)14-31)21-12-20(28-24(29-21)30(3)4)17-5-7-19(25)8-6-17/h5-8,11-13,16H,9-10,14H2,1-4H3,(H2,26,33). The Hall–Kier alpha value is -3.75. The normalized spacial score (nSPS) is 16.1. The first-order valence-electron chi connectivity index (χ1n) is 10.8. The van der Waals surface area contributed by atoms with Crippen molar-refractivity contribution in [3.05, 3.63) is 59.5 Å². The summed E-state index contributed by atoms with van der Waals surface area (Å²) >= 11 is 0. The van der Waals surface area contributed by atoms with Crippen molar-refractivity contribution in [3.63, 3.8) is 0 Å². The Morgan fingerprint density at radius 1 is 1.15 bits per heavy atom. The second-order valence-electron chi connectivity index (χ2n) is 8.53. The molecule has 1 atom stereocenters. The van der Waals surface area contributed by atoms with Crippen molar-refractivity contribution in [3.8, 4) is 11.3 Å². The summed E-state index contributed by atoms with van der Waals surface area (Å²) in [6, 6.07) is 10.2. The highest BCUT2D eigenvalue weighted by molar-refractivity contribution is 5.92. The van der Waals surface area contributed by atoms with Crippen LogP contribution in [-0.4, -0.2) is 60.6 Å². The Balaban J connectivity index is 1.60. The van der Waals surface area contributed by atoms with Crippen LogP contribution in [0.15, 0.2) is 42.6 Å². The molecule has 1 aliphatic rings. The maximum absolute atomic E-state index is 13.4. The van der Waals surface area contributed by atoms with Crippen LogP contribution in [0.25, 0.3) is 11.3 Å². The van der Waals surface area contributed by atoms with E-state index in [2.05, 4.69) is 26.7 Å². The minimum Gasteiger partial charge on any atom is -0.366 e. The molecule has 3 heterocycles. The van der Waals surface area contributed by atoms with Gasteiger partial charge in [0.25, 0.3) is 0 Å². The van der Waals surface area contributed by atoms with Crippen molar-refractivity contribution >= 4 is 23.5 Å². The highest BCUT2D eigenvalue weighted by Crippen LogP contribution is 2.28. The van der Waals surface area contributed by atoms with Crippen molar-refractivity contribution in [2.75, 3.05) is 48.4 Å². The summed E-state index contributed by atoms with van der Waals surface area (Å²) in [6.45, 7) is 6.33. The molecule has 1 aromatic carbocycles. The molecule has 0 aliphatic carbocycles. The van der Waals surface area contributed by atoms with Crippen LogP contribution < -0.4 is 20.4 Å². The van der Waals surface area contributed by atoms with Gasteiger partial charge < -0.3 is 20.4 Å². The van der Waals surface area contributed by atoms with Gasteiger partial charge in [-0.3, -0.25) is 4.79 Å². The molecule has 172 valence electrons. The number of anilines is 3. The van der Waals surface area contributed by atoms with Crippen molar-refractivity contribution in [1.82, 2.24) is 15.0 Å². The molecule has 33 heavy (non-hydrogen) atoms. The van der Waals surface area contributed by atoms with Gasteiger partial charge in [0.1, 0.15) is 17.5 Å². The largest absolute Gasteiger partial charge is 0.366 e. The third-order valence-corrected chi connectivity index (χ3v) is 5.80. The van der Waals surface area contributed by atoms with Crippen molar-refractivity contribution in [2.24, 2.45) is 5.73 Å². The van der Waals surface area contributed by atoms with Gasteiger partial charge in [-0.15, -0.1) is 0 Å². The minimum atomic E-state index is -0.479. The Morgan fingerprint density at radius 2 is 1.88 bits per heavy atom. The van der Waals surface area contributed by atoms with E-state index in [1.807, 2.05) is 32.0 Å². The number of hydrogen-bond donors (Lipinski definition) is 1. The van der Waals surface area contributed by atoms with E-state index in [-0.39, 0.29) is 11.9 Å². The van der Waals surface area contributed by atoms with Gasteiger partial charge in [-0.2, -0.15) is 4.98 Å². The quantitative estimate of drug-likeness (QED) is 0.640. The zero-order chi connectivity index (χ0) is 23.7. The molecule has 0 bridgehead atoms. The summed E-state index contributed by atoms with van der Waals surface area (Å²) in [7, 11) is 3.80. The van der Waals surface area contributed by atoms with Crippen molar-refractivity contribution in [2.45, 2.75) is 19.9 Å². The van der Waals surface area contributed by atoms with Crippen LogP contribution in [0.2, 0.25) is 0 Å². The maximum atomic E-state index is 13.4. The van der Waals surface area contributed by atoms with Crippen LogP contribution in [0.4, 0.5) is 22.0 Å². The second kappa shape index (κ2) is 9.01. The Kier molecular flexibility index (Phi) is 6.13. The highest BCUT2D eigenvalue weighted by atomic mass is 19.1. The molecule has 0 spiro atoms. The third-order valence-electron chi connectivity index (χ3n) is 5.80. The second-order valence-corrected chi connectivity index (χ2v) is 8.53. The SMILES string of the molecule is Cc1cc(C(N)=O)cnc1N1CCN(c2cc(-c3ccc(F)cc3)nc(N(C)C)n2)C(C)C1. The number of halogens is 1. The zero-order valence-corrected chi connectivity index (χ0v) is 19.3. The lowest BCUT2D eigenvalue weighted by Crippen LogP contribution is -2.53. The predicted molar refractivity (Wildman–Crippen MR) is 128 cm³/mol. The Bertz CT molecular complexity index is 1170. The fourth-order valence-corrected chi connectivity index (χ4v) is 4.06. The molecule has 1 fully saturated rings. The van der Waals surface area contributed by atoms with E-state index >= 15 is 0 Å². The van der Waals surface area contributed by atoms with Crippen LogP contribution in [0.1, 0.15) is 22.8 Å². The van der Waals surface area contributed by atoms with E-state index in [9.17, 15) is 9.18 Å². The summed E-state index contributed by atoms with van der Waals surface area (Å²) in [5, 5.41) is 0. The number of amides is 1. The summed E-state index contributed by atoms with van der Waals surface area (Å²) in [5.41, 5.74) is 8.29. The maximum Gasteiger partial charge on any atom is 0.250 e. The van der Waals surface area contributed by atoms with Crippen LogP contribution in [-0.2, 0) is 0 Å². The first kappa shape index (κ1) is 22.4. The van der Waals surface area contributed by atoms with E-state index in [1.165, 1.54) is 18.3 Å². The van der Waals surface area contributed by atoms with Gasteiger partial charge in [-0.05, 0) is 49.7 Å². The number of nitrogens with two attached hydrogens (primary N) is 1. The van der Waals surface area contributed by atoms with E-state index in [4.69, 9.17) is 10.7 Å². The van der Waals surface area contributed by atoms with E-state index in [1.54, 1.807) is 18.2 Å². The molecule has 8 nitrogen and oxygen atoms in total. The van der Waals surface area contributed by atoms with E-state index < -0.39 is 5.91 Å². The number of carbonyl (C=O) groups excluding carboxylic acids is 1. The first-order chi connectivity index (χ1) is 15.7. The van der Waals surface area contributed by atoms with E-state index in [0.29, 0.717) is 11.5 Å². The fraction of sp³-hybridized carbons (Fsp3) is 0.333. The number of aromatic nitrogens is 3. The Labute approximate surface area is 192 Å². The number of aryl methyl sites for hydroxylation is 1. The van der Waals surface area contributed by atoms with Crippen LogP contribution >= 0.6 is 0 Å². The monoisotopic (exact) mass is 449 g/mol. The third kappa shape index (κ3) is 4.72. The number of benzene rings is 1. The molecule has 1 saturated heterocycles. The number of piperazine rings is 1. The lowest BCUT2D eigenvalue weighted by molar-refractivity contribution is 0.1000. The van der Waals surface area contributed by atoms with Crippen molar-refractivity contribution < 1.29 is 9.18 Å². The molecule has 3 aromatic rings. The van der Waals surface area contributed by atoms with Gasteiger partial charge >= 0.3 is 0 Å². The van der Waals surface area contributed by atoms with Crippen LogP contribution in [0.5, 0.6) is 0 Å². The van der Waals surface area contributed by atoms with Crippen molar-refractivity contribution in [1.29, 1.82) is 0 Å². The number of carbonyl (C=O) groups is 1. The number of primary amides is 1. The fourth-order valence-electron chi connectivity index (χ4n) is 4.06. The number of hydrogen-bond acceptors (Lipinski definition) is 7. The number of pyridine rings is 1. The summed E-state index contributed by atoms with van der Waals surface area (Å²) in [4.78, 5) is 31.7. The smallest absolute Gasteiger partial charge is 0.250 e. The molecular weight excluding hydrogens is 421 g/mol. The number of nitrogens with zero attached hydrogens (tertiary/aromatic N) is 6. The molecule has 0 saturated carbocycles. The average Bonchev–Trinajstić information content (AvgIpc) is 2.79. The van der Waals surface area contributed by atoms with Gasteiger partial charge in [-0.1, -0.05) is 0 Å². The van der Waals surface area contributed by atoms with Gasteiger partial charge in [0.2, 0.25) is 11.9 Å². The van der Waals surface area contributed by atoms with Crippen LogP contribution in [0.3, 0.4) is 0 Å². The molecule has 1 aliphatic heterocycles. The Morgan fingerprint density at radius 3 is 2.48 bits per heavy atom. The summed E-state index contributed by atoms with van der Waals surface area (Å²) in [6.07, 6.45) is 1.53. The lowest BCUT2D eigenvalue weighted by atomic mass is 10.1. The minimum absolute atomic E-state index is 0.154.